The van der Waals surface area contributed by atoms with E-state index in [2.05, 4.69) is 62.1 Å². The molecule has 1 aromatic rings. The van der Waals surface area contributed by atoms with E-state index in [9.17, 15) is 0 Å². The number of benzene rings is 1. The van der Waals surface area contributed by atoms with Gasteiger partial charge >= 0.3 is 0 Å². The molecule has 0 bridgehead atoms. The number of hydrogen-bond acceptors (Lipinski definition) is 0. The maximum Gasteiger partial charge on any atom is 0.0249 e. The molecular formula is C24H34. The van der Waals surface area contributed by atoms with Crippen LogP contribution in [0.25, 0.3) is 0 Å². The molecule has 0 spiro atoms. The van der Waals surface area contributed by atoms with Crippen molar-refractivity contribution in [1.82, 2.24) is 0 Å². The van der Waals surface area contributed by atoms with Crippen molar-refractivity contribution in [2.45, 2.75) is 78.1 Å². The van der Waals surface area contributed by atoms with Gasteiger partial charge < -0.3 is 0 Å². The molecule has 24 heavy (non-hydrogen) atoms. The Kier molecular flexibility index (Phi) is 8.75. The number of hydrogen-bond donors (Lipinski definition) is 0. The Morgan fingerprint density at radius 1 is 0.958 bits per heavy atom. The highest BCUT2D eigenvalue weighted by molar-refractivity contribution is 5.38. The zero-order valence-electron chi connectivity index (χ0n) is 15.7. The van der Waals surface area contributed by atoms with Gasteiger partial charge in [0.2, 0.25) is 0 Å². The van der Waals surface area contributed by atoms with Gasteiger partial charge in [0.1, 0.15) is 0 Å². The van der Waals surface area contributed by atoms with Crippen molar-refractivity contribution < 1.29 is 0 Å². The van der Waals surface area contributed by atoms with Crippen LogP contribution in [0.2, 0.25) is 0 Å². The Morgan fingerprint density at radius 3 is 2.38 bits per heavy atom. The van der Waals surface area contributed by atoms with E-state index in [0.717, 1.165) is 17.4 Å². The van der Waals surface area contributed by atoms with Gasteiger partial charge in [-0.05, 0) is 74.1 Å². The fraction of sp³-hybridized carbons (Fsp3) is 0.583. The zero-order valence-corrected chi connectivity index (χ0v) is 15.7. The van der Waals surface area contributed by atoms with Crippen molar-refractivity contribution in [3.05, 3.63) is 47.5 Å². The molecule has 130 valence electrons. The summed E-state index contributed by atoms with van der Waals surface area (Å²) >= 11 is 0. The van der Waals surface area contributed by atoms with E-state index < -0.39 is 0 Å². The Hall–Kier alpha value is -1.48. The van der Waals surface area contributed by atoms with Gasteiger partial charge in [0, 0.05) is 5.56 Å². The number of aryl methyl sites for hydroxylation is 1. The van der Waals surface area contributed by atoms with E-state index in [4.69, 9.17) is 0 Å². The summed E-state index contributed by atoms with van der Waals surface area (Å²) in [7, 11) is 0. The average Bonchev–Trinajstić information content (AvgIpc) is 2.62. The predicted octanol–water partition coefficient (Wildman–Crippen LogP) is 6.93. The SMILES string of the molecule is CCCCCc1ccc(C#C/C=C/[C@H]2CC[C@H](CCC)CC2)cc1. The van der Waals surface area contributed by atoms with E-state index in [1.807, 2.05) is 0 Å². The molecular weight excluding hydrogens is 288 g/mol. The predicted molar refractivity (Wildman–Crippen MR) is 106 cm³/mol. The lowest BCUT2D eigenvalue weighted by atomic mass is 9.80. The second-order valence-corrected chi connectivity index (χ2v) is 7.35. The van der Waals surface area contributed by atoms with E-state index in [1.54, 1.807) is 0 Å². The second kappa shape index (κ2) is 11.1. The molecule has 1 aromatic carbocycles. The molecule has 0 N–H and O–H groups in total. The maximum atomic E-state index is 3.27. The van der Waals surface area contributed by atoms with Crippen molar-refractivity contribution in [2.24, 2.45) is 11.8 Å². The lowest BCUT2D eigenvalue weighted by Crippen LogP contribution is -2.12. The summed E-state index contributed by atoms with van der Waals surface area (Å²) < 4.78 is 0. The van der Waals surface area contributed by atoms with Crippen molar-refractivity contribution >= 4 is 0 Å². The Bertz CT molecular complexity index is 530. The fourth-order valence-corrected chi connectivity index (χ4v) is 3.72. The minimum absolute atomic E-state index is 0.758. The van der Waals surface area contributed by atoms with Crippen molar-refractivity contribution in [3.8, 4) is 11.8 Å². The third-order valence-electron chi connectivity index (χ3n) is 5.28. The zero-order chi connectivity index (χ0) is 17.0. The van der Waals surface area contributed by atoms with Crippen molar-refractivity contribution in [1.29, 1.82) is 0 Å². The molecule has 0 nitrogen and oxygen atoms in total. The quantitative estimate of drug-likeness (QED) is 0.377. The maximum absolute atomic E-state index is 3.27. The Labute approximate surface area is 149 Å². The summed E-state index contributed by atoms with van der Waals surface area (Å²) in [6.07, 6.45) is 17.8. The molecule has 0 heteroatoms. The average molecular weight is 323 g/mol. The highest BCUT2D eigenvalue weighted by Crippen LogP contribution is 2.31. The van der Waals surface area contributed by atoms with Crippen LogP contribution < -0.4 is 0 Å². The lowest BCUT2D eigenvalue weighted by molar-refractivity contribution is 0.294. The molecule has 1 fully saturated rings. The Balaban J connectivity index is 1.74. The van der Waals surface area contributed by atoms with Crippen LogP contribution in [0.15, 0.2) is 36.4 Å². The van der Waals surface area contributed by atoms with Gasteiger partial charge in [0.25, 0.3) is 0 Å². The molecule has 0 saturated heterocycles. The van der Waals surface area contributed by atoms with Gasteiger partial charge in [-0.3, -0.25) is 0 Å². The third kappa shape index (κ3) is 6.96. The first-order valence-corrected chi connectivity index (χ1v) is 10.1. The highest BCUT2D eigenvalue weighted by atomic mass is 14.2. The largest absolute Gasteiger partial charge is 0.0730 e. The molecule has 0 aromatic heterocycles. The van der Waals surface area contributed by atoms with Crippen LogP contribution in [-0.2, 0) is 6.42 Å². The van der Waals surface area contributed by atoms with Crippen LogP contribution in [0.3, 0.4) is 0 Å². The minimum Gasteiger partial charge on any atom is -0.0730 e. The normalized spacial score (nSPS) is 20.8. The van der Waals surface area contributed by atoms with E-state index in [1.165, 1.54) is 69.8 Å². The smallest absolute Gasteiger partial charge is 0.0249 e. The lowest BCUT2D eigenvalue weighted by Gasteiger charge is -2.26. The van der Waals surface area contributed by atoms with E-state index in [-0.39, 0.29) is 0 Å². The second-order valence-electron chi connectivity index (χ2n) is 7.35. The minimum atomic E-state index is 0.758. The van der Waals surface area contributed by atoms with Crippen molar-refractivity contribution in [3.63, 3.8) is 0 Å². The molecule has 0 amide bonds. The summed E-state index contributed by atoms with van der Waals surface area (Å²) in [6.45, 7) is 4.56. The molecule has 0 heterocycles. The fourth-order valence-electron chi connectivity index (χ4n) is 3.72. The van der Waals surface area contributed by atoms with Gasteiger partial charge in [0.15, 0.2) is 0 Å². The summed E-state index contributed by atoms with van der Waals surface area (Å²) in [5.41, 5.74) is 2.57. The standard InChI is InChI=1S/C24H34/c1-3-5-6-10-22-17-19-24(20-18-22)12-8-7-11-23-15-13-21(9-4-2)14-16-23/h7,11,17-21,23H,3-6,9-10,13-16H2,1-2H3/b11-7+/t21-,23-. The van der Waals surface area contributed by atoms with Crippen LogP contribution in [0.1, 0.15) is 82.8 Å². The molecule has 0 atom stereocenters. The summed E-state index contributed by atoms with van der Waals surface area (Å²) in [4.78, 5) is 0. The molecule has 0 unspecified atom stereocenters. The number of allylic oxidation sites excluding steroid dienone is 2. The first-order chi connectivity index (χ1) is 11.8. The summed E-state index contributed by atoms with van der Waals surface area (Å²) in [5, 5.41) is 0. The number of unbranched alkanes of at least 4 members (excludes halogenated alkanes) is 2. The van der Waals surface area contributed by atoms with Crippen LogP contribution in [0.5, 0.6) is 0 Å². The van der Waals surface area contributed by atoms with Crippen LogP contribution in [0, 0.1) is 23.7 Å². The highest BCUT2D eigenvalue weighted by Gasteiger charge is 2.18. The molecule has 2 rings (SSSR count). The first-order valence-electron chi connectivity index (χ1n) is 10.1. The topological polar surface area (TPSA) is 0 Å². The van der Waals surface area contributed by atoms with Gasteiger partial charge in [0.05, 0.1) is 0 Å². The van der Waals surface area contributed by atoms with Gasteiger partial charge in [-0.1, -0.05) is 69.6 Å². The van der Waals surface area contributed by atoms with E-state index >= 15 is 0 Å². The summed E-state index contributed by atoms with van der Waals surface area (Å²) in [6, 6.07) is 8.80. The van der Waals surface area contributed by atoms with Gasteiger partial charge in [-0.25, -0.2) is 0 Å². The third-order valence-corrected chi connectivity index (χ3v) is 5.28. The van der Waals surface area contributed by atoms with E-state index in [0.29, 0.717) is 0 Å². The first kappa shape index (κ1) is 18.9. The van der Waals surface area contributed by atoms with Crippen LogP contribution >= 0.6 is 0 Å². The van der Waals surface area contributed by atoms with Gasteiger partial charge in [-0.2, -0.15) is 0 Å². The summed E-state index contributed by atoms with van der Waals surface area (Å²) in [5.74, 6) is 8.24. The molecule has 1 aliphatic carbocycles. The Morgan fingerprint density at radius 2 is 1.71 bits per heavy atom. The molecule has 0 aliphatic heterocycles. The van der Waals surface area contributed by atoms with Crippen LogP contribution in [-0.4, -0.2) is 0 Å². The molecule has 1 aliphatic rings. The monoisotopic (exact) mass is 322 g/mol. The number of rotatable bonds is 7. The molecule has 0 radical (unpaired) electrons. The van der Waals surface area contributed by atoms with Gasteiger partial charge in [-0.15, -0.1) is 0 Å². The molecule has 1 saturated carbocycles. The van der Waals surface area contributed by atoms with Crippen molar-refractivity contribution in [2.75, 3.05) is 0 Å². The van der Waals surface area contributed by atoms with Crippen LogP contribution in [0.4, 0.5) is 0 Å².